The summed E-state index contributed by atoms with van der Waals surface area (Å²) in [7, 11) is 2.68. The Morgan fingerprint density at radius 2 is 1.74 bits per heavy atom. The van der Waals surface area contributed by atoms with Crippen LogP contribution in [-0.2, 0) is 5.60 Å². The molecule has 1 unspecified atom stereocenters. The van der Waals surface area contributed by atoms with Crippen molar-refractivity contribution < 1.29 is 42.4 Å². The van der Waals surface area contributed by atoms with Crippen LogP contribution in [0.4, 0.5) is 18.9 Å². The second-order valence-corrected chi connectivity index (χ2v) is 8.31. The molecule has 1 atom stereocenters. The third kappa shape index (κ3) is 5.92. The lowest BCUT2D eigenvalue weighted by atomic mass is 9.95. The number of nitrogen functional groups attached to an aromatic ring is 1. The van der Waals surface area contributed by atoms with Crippen molar-refractivity contribution in [3.05, 3.63) is 65.4 Å². The Bertz CT molecular complexity index is 1280. The molecule has 0 radical (unpaired) electrons. The first kappa shape index (κ1) is 28.5. The first-order chi connectivity index (χ1) is 17.9. The van der Waals surface area contributed by atoms with E-state index in [9.17, 15) is 23.1 Å². The summed E-state index contributed by atoms with van der Waals surface area (Å²) in [6.07, 6.45) is -5.20. The first-order valence-electron chi connectivity index (χ1n) is 11.4. The second-order valence-electron chi connectivity index (χ2n) is 8.31. The number of hydrogen-bond acceptors (Lipinski definition) is 8. The van der Waals surface area contributed by atoms with Gasteiger partial charge >= 0.3 is 6.18 Å². The number of aliphatic hydroxyl groups excluding tert-OH is 1. The van der Waals surface area contributed by atoms with E-state index < -0.39 is 29.9 Å². The molecule has 0 aliphatic carbocycles. The van der Waals surface area contributed by atoms with Crippen LogP contribution in [0, 0.1) is 6.92 Å². The molecule has 0 saturated heterocycles. The van der Waals surface area contributed by atoms with E-state index in [1.165, 1.54) is 39.3 Å². The number of carbonyl (C=O) groups excluding carboxylic acids is 1. The Kier molecular flexibility index (Phi) is 8.69. The van der Waals surface area contributed by atoms with E-state index in [1.807, 2.05) is 0 Å². The van der Waals surface area contributed by atoms with E-state index in [4.69, 9.17) is 25.1 Å². The molecule has 3 rings (SSSR count). The van der Waals surface area contributed by atoms with Gasteiger partial charge in [-0.05, 0) is 48.9 Å². The van der Waals surface area contributed by atoms with Crippen LogP contribution in [0.1, 0.15) is 21.6 Å². The Labute approximate surface area is 217 Å². The van der Waals surface area contributed by atoms with E-state index in [1.54, 1.807) is 24.3 Å². The first-order valence-corrected chi connectivity index (χ1v) is 11.4. The number of nitrogens with two attached hydrogens (primary N) is 1. The zero-order chi connectivity index (χ0) is 28.1. The highest BCUT2D eigenvalue weighted by molar-refractivity contribution is 5.95. The van der Waals surface area contributed by atoms with Crippen molar-refractivity contribution in [3.63, 3.8) is 0 Å². The van der Waals surface area contributed by atoms with Gasteiger partial charge in [0, 0.05) is 16.8 Å². The number of anilines is 1. The summed E-state index contributed by atoms with van der Waals surface area (Å²) in [6.45, 7) is 0.0285. The molecule has 0 spiro atoms. The summed E-state index contributed by atoms with van der Waals surface area (Å²) in [5, 5.41) is 22.0. The molecule has 0 saturated carbocycles. The third-order valence-electron chi connectivity index (χ3n) is 5.72. The highest BCUT2D eigenvalue weighted by Crippen LogP contribution is 2.41. The number of halogens is 3. The van der Waals surface area contributed by atoms with Gasteiger partial charge in [-0.2, -0.15) is 13.2 Å². The number of alkyl halides is 3. The van der Waals surface area contributed by atoms with Crippen LogP contribution in [0.15, 0.2) is 48.5 Å². The Morgan fingerprint density at radius 1 is 1.05 bits per heavy atom. The summed E-state index contributed by atoms with van der Waals surface area (Å²) in [5.41, 5.74) is 2.66. The van der Waals surface area contributed by atoms with Crippen molar-refractivity contribution in [1.82, 2.24) is 10.3 Å². The number of methoxy groups -OCH3 is 2. The largest absolute Gasteiger partial charge is 0.494 e. The topological polar surface area (TPSA) is 136 Å². The molecule has 9 nitrogen and oxygen atoms in total. The van der Waals surface area contributed by atoms with E-state index in [-0.39, 0.29) is 41.7 Å². The molecule has 2 aromatic carbocycles. The summed E-state index contributed by atoms with van der Waals surface area (Å²) in [6, 6.07) is 11.3. The zero-order valence-electron chi connectivity index (χ0n) is 20.9. The molecule has 38 heavy (non-hydrogen) atoms. The number of aromatic nitrogens is 1. The number of hydrogen-bond donors (Lipinski definition) is 4. The fourth-order valence-corrected chi connectivity index (χ4v) is 3.70. The van der Waals surface area contributed by atoms with E-state index in [2.05, 4.69) is 10.3 Å². The maximum Gasteiger partial charge on any atom is 0.424 e. The molecule has 0 bridgehead atoms. The van der Waals surface area contributed by atoms with Crippen LogP contribution in [0.25, 0.3) is 11.3 Å². The van der Waals surface area contributed by atoms with Crippen LogP contribution in [-0.4, -0.2) is 61.3 Å². The standard InChI is InChI=1S/C26H28F3N3O6/c1-15-12-21(32-22(23(15)37-3)16-4-7-18(30)8-5-16)25(35,26(27,28)29)14-31-24(34)17-6-9-19(38-11-10-33)20(13-17)36-2/h4-9,12-13,33,35H,10-11,14,30H2,1-3H3,(H,31,34). The fourth-order valence-electron chi connectivity index (χ4n) is 3.70. The van der Waals surface area contributed by atoms with Crippen molar-refractivity contribution in [1.29, 1.82) is 0 Å². The van der Waals surface area contributed by atoms with E-state index in [0.717, 1.165) is 6.07 Å². The molecule has 0 aliphatic heterocycles. The average Bonchev–Trinajstić information content (AvgIpc) is 2.89. The lowest BCUT2D eigenvalue weighted by Crippen LogP contribution is -2.51. The van der Waals surface area contributed by atoms with Crippen molar-refractivity contribution >= 4 is 11.6 Å². The molecule has 3 aromatic rings. The molecule has 1 amide bonds. The van der Waals surface area contributed by atoms with Crippen LogP contribution in [0.2, 0.25) is 0 Å². The van der Waals surface area contributed by atoms with E-state index in [0.29, 0.717) is 16.8 Å². The van der Waals surface area contributed by atoms with Crippen LogP contribution >= 0.6 is 0 Å². The molecule has 204 valence electrons. The molecule has 1 aromatic heterocycles. The number of aliphatic hydroxyl groups is 2. The molecule has 0 aliphatic rings. The predicted molar refractivity (Wildman–Crippen MR) is 133 cm³/mol. The van der Waals surface area contributed by atoms with Crippen molar-refractivity contribution in [2.24, 2.45) is 0 Å². The minimum absolute atomic E-state index is 0.0207. The van der Waals surface area contributed by atoms with Gasteiger partial charge in [0.25, 0.3) is 5.91 Å². The number of benzene rings is 2. The molecule has 1 heterocycles. The highest BCUT2D eigenvalue weighted by Gasteiger charge is 2.56. The molecule has 12 heteroatoms. The number of rotatable bonds is 10. The number of nitrogens with one attached hydrogen (secondary N) is 1. The van der Waals surface area contributed by atoms with Crippen molar-refractivity contribution in [2.75, 3.05) is 39.7 Å². The van der Waals surface area contributed by atoms with Gasteiger partial charge in [-0.3, -0.25) is 4.79 Å². The summed E-state index contributed by atoms with van der Waals surface area (Å²) in [4.78, 5) is 16.9. The molecule has 5 N–H and O–H groups in total. The Morgan fingerprint density at radius 3 is 2.32 bits per heavy atom. The number of carbonyl (C=O) groups is 1. The van der Waals surface area contributed by atoms with Crippen LogP contribution < -0.4 is 25.3 Å². The van der Waals surface area contributed by atoms with Gasteiger partial charge < -0.3 is 35.5 Å². The third-order valence-corrected chi connectivity index (χ3v) is 5.72. The monoisotopic (exact) mass is 535 g/mol. The van der Waals surface area contributed by atoms with Gasteiger partial charge in [-0.25, -0.2) is 4.98 Å². The second kappa shape index (κ2) is 11.6. The fraction of sp³-hybridized carbons (Fsp3) is 0.308. The maximum atomic E-state index is 14.3. The van der Waals surface area contributed by atoms with Gasteiger partial charge in [-0.15, -0.1) is 0 Å². The number of pyridine rings is 1. The number of aryl methyl sites for hydroxylation is 1. The van der Waals surface area contributed by atoms with Gasteiger partial charge in [0.1, 0.15) is 18.1 Å². The van der Waals surface area contributed by atoms with Crippen molar-refractivity contribution in [2.45, 2.75) is 18.7 Å². The minimum Gasteiger partial charge on any atom is -0.494 e. The summed E-state index contributed by atoms with van der Waals surface area (Å²) in [5.74, 6) is -0.304. The van der Waals surface area contributed by atoms with Crippen molar-refractivity contribution in [3.8, 4) is 28.5 Å². The number of amides is 1. The molecular formula is C26H28F3N3O6. The predicted octanol–water partition coefficient (Wildman–Crippen LogP) is 3.21. The maximum absolute atomic E-state index is 14.3. The van der Waals surface area contributed by atoms with Gasteiger partial charge in [0.15, 0.2) is 11.5 Å². The summed E-state index contributed by atoms with van der Waals surface area (Å²) >= 11 is 0. The number of nitrogens with zero attached hydrogens (tertiary/aromatic N) is 1. The molecule has 0 fully saturated rings. The van der Waals surface area contributed by atoms with Crippen LogP contribution in [0.5, 0.6) is 17.2 Å². The average molecular weight is 536 g/mol. The Balaban J connectivity index is 1.97. The SMILES string of the molecule is COc1cc(C(=O)NCC(O)(c2cc(C)c(OC)c(-c3ccc(N)cc3)n2)C(F)(F)F)ccc1OCCO. The normalized spacial score (nSPS) is 12.9. The number of ether oxygens (including phenoxy) is 3. The quantitative estimate of drug-likeness (QED) is 0.291. The van der Waals surface area contributed by atoms with Gasteiger partial charge in [-0.1, -0.05) is 12.1 Å². The van der Waals surface area contributed by atoms with Gasteiger partial charge in [0.2, 0.25) is 5.60 Å². The van der Waals surface area contributed by atoms with Crippen LogP contribution in [0.3, 0.4) is 0 Å². The lowest BCUT2D eigenvalue weighted by molar-refractivity contribution is -0.265. The molecular weight excluding hydrogens is 507 g/mol. The zero-order valence-corrected chi connectivity index (χ0v) is 20.9. The lowest BCUT2D eigenvalue weighted by Gasteiger charge is -2.31. The smallest absolute Gasteiger partial charge is 0.424 e. The summed E-state index contributed by atoms with van der Waals surface area (Å²) < 4.78 is 58.7. The minimum atomic E-state index is -5.20. The van der Waals surface area contributed by atoms with E-state index >= 15 is 0 Å². The Hall–Kier alpha value is -4.03. The highest BCUT2D eigenvalue weighted by atomic mass is 19.4. The van der Waals surface area contributed by atoms with Gasteiger partial charge in [0.05, 0.1) is 33.1 Å².